The number of anilines is 1. The summed E-state index contributed by atoms with van der Waals surface area (Å²) in [6, 6.07) is 10.3. The van der Waals surface area contributed by atoms with Gasteiger partial charge < -0.3 is 19.5 Å². The molecule has 0 bridgehead atoms. The highest BCUT2D eigenvalue weighted by Gasteiger charge is 2.31. The number of alkyl halides is 3. The van der Waals surface area contributed by atoms with Crippen LogP contribution in [0, 0.1) is 6.92 Å². The molecule has 0 radical (unpaired) electrons. The quantitative estimate of drug-likeness (QED) is 0.465. The highest BCUT2D eigenvalue weighted by atomic mass is 19.4. The smallest absolute Gasteiger partial charge is 0.416 e. The monoisotopic (exact) mass is 505 g/mol. The molecule has 190 valence electrons. The Morgan fingerprint density at radius 3 is 2.36 bits per heavy atom. The molecule has 3 aromatic rings. The summed E-state index contributed by atoms with van der Waals surface area (Å²) < 4.78 is 55.4. The van der Waals surface area contributed by atoms with Crippen LogP contribution in [-0.2, 0) is 15.7 Å². The summed E-state index contributed by atoms with van der Waals surface area (Å²) in [7, 11) is 1.23. The maximum absolute atomic E-state index is 13.0. The first-order valence-electron chi connectivity index (χ1n) is 10.6. The van der Waals surface area contributed by atoms with Gasteiger partial charge in [-0.25, -0.2) is 4.79 Å². The summed E-state index contributed by atoms with van der Waals surface area (Å²) in [5.41, 5.74) is -0.909. The predicted octanol–water partition coefficient (Wildman–Crippen LogP) is 3.76. The van der Waals surface area contributed by atoms with Gasteiger partial charge in [0.05, 0.1) is 36.7 Å². The molecule has 3 rings (SSSR count). The first kappa shape index (κ1) is 26.3. The van der Waals surface area contributed by atoms with Gasteiger partial charge in [0, 0.05) is 0 Å². The zero-order valence-corrected chi connectivity index (χ0v) is 19.5. The van der Waals surface area contributed by atoms with Gasteiger partial charge in [-0.15, -0.1) is 0 Å². The fraction of sp³-hybridized carbons (Fsp3) is 0.250. The molecule has 1 amide bonds. The van der Waals surface area contributed by atoms with Crippen molar-refractivity contribution in [2.45, 2.75) is 20.0 Å². The van der Waals surface area contributed by atoms with Gasteiger partial charge in [0.1, 0.15) is 5.75 Å². The van der Waals surface area contributed by atoms with E-state index in [1.807, 2.05) is 6.92 Å². The number of rotatable bonds is 8. The molecule has 0 aliphatic heterocycles. The molecule has 0 aliphatic carbocycles. The van der Waals surface area contributed by atoms with Crippen molar-refractivity contribution in [1.29, 1.82) is 0 Å². The van der Waals surface area contributed by atoms with Crippen LogP contribution in [0.1, 0.15) is 28.5 Å². The van der Waals surface area contributed by atoms with Gasteiger partial charge in [-0.2, -0.15) is 23.0 Å². The number of halogens is 3. The van der Waals surface area contributed by atoms with E-state index < -0.39 is 35.8 Å². The van der Waals surface area contributed by atoms with E-state index in [9.17, 15) is 27.6 Å². The SMILES string of the molecule is CCOC(=O)c1nn(-c2ccc(C)cc2)c(=O)cc1OCC(=O)Nc1cc(C(F)(F)F)ccc1OC. The van der Waals surface area contributed by atoms with Crippen LogP contribution < -0.4 is 20.3 Å². The first-order chi connectivity index (χ1) is 17.0. The molecule has 12 heteroatoms. The summed E-state index contributed by atoms with van der Waals surface area (Å²) in [5.74, 6) is -2.10. The molecule has 0 fully saturated rings. The standard InChI is InChI=1S/C24H22F3N3O6/c1-4-35-23(33)22-19(12-21(32)30(29-22)16-8-5-14(2)6-9-16)36-13-20(31)28-17-11-15(24(25,26)27)7-10-18(17)34-3/h5-12H,4,13H2,1-3H3,(H,28,31). The highest BCUT2D eigenvalue weighted by Crippen LogP contribution is 2.35. The van der Waals surface area contributed by atoms with E-state index in [1.54, 1.807) is 31.2 Å². The van der Waals surface area contributed by atoms with Gasteiger partial charge in [-0.1, -0.05) is 17.7 Å². The van der Waals surface area contributed by atoms with Gasteiger partial charge in [-0.3, -0.25) is 9.59 Å². The van der Waals surface area contributed by atoms with Crippen molar-refractivity contribution in [3.05, 3.63) is 75.7 Å². The van der Waals surface area contributed by atoms with Crippen molar-refractivity contribution >= 4 is 17.6 Å². The molecule has 0 atom stereocenters. The molecular formula is C24H22F3N3O6. The second-order valence-corrected chi connectivity index (χ2v) is 7.41. The lowest BCUT2D eigenvalue weighted by molar-refractivity contribution is -0.137. The number of nitrogens with zero attached hydrogens (tertiary/aromatic N) is 2. The molecule has 1 heterocycles. The fourth-order valence-corrected chi connectivity index (χ4v) is 3.07. The average Bonchev–Trinajstić information content (AvgIpc) is 2.83. The highest BCUT2D eigenvalue weighted by molar-refractivity contribution is 5.94. The number of hydrogen-bond donors (Lipinski definition) is 1. The molecule has 9 nitrogen and oxygen atoms in total. The second-order valence-electron chi connectivity index (χ2n) is 7.41. The molecule has 0 saturated carbocycles. The Kier molecular flexibility index (Phi) is 7.97. The van der Waals surface area contributed by atoms with Crippen molar-refractivity contribution in [2.24, 2.45) is 0 Å². The average molecular weight is 505 g/mol. The lowest BCUT2D eigenvalue weighted by atomic mass is 10.1. The summed E-state index contributed by atoms with van der Waals surface area (Å²) in [6.07, 6.45) is -4.64. The van der Waals surface area contributed by atoms with Crippen LogP contribution >= 0.6 is 0 Å². The lowest BCUT2D eigenvalue weighted by Gasteiger charge is -2.15. The Labute approximate surface area is 203 Å². The summed E-state index contributed by atoms with van der Waals surface area (Å²) in [6.45, 7) is 2.70. The summed E-state index contributed by atoms with van der Waals surface area (Å²) >= 11 is 0. The zero-order chi connectivity index (χ0) is 26.5. The third-order valence-corrected chi connectivity index (χ3v) is 4.80. The van der Waals surface area contributed by atoms with E-state index in [0.717, 1.165) is 28.4 Å². The van der Waals surface area contributed by atoms with E-state index in [0.29, 0.717) is 11.8 Å². The lowest BCUT2D eigenvalue weighted by Crippen LogP contribution is -2.27. The summed E-state index contributed by atoms with van der Waals surface area (Å²) in [5, 5.41) is 6.31. The Balaban J connectivity index is 1.86. The fourth-order valence-electron chi connectivity index (χ4n) is 3.07. The number of methoxy groups -OCH3 is 1. The minimum Gasteiger partial charge on any atom is -0.495 e. The normalized spacial score (nSPS) is 11.1. The van der Waals surface area contributed by atoms with Crippen molar-refractivity contribution in [3.8, 4) is 17.2 Å². The van der Waals surface area contributed by atoms with Crippen LogP contribution in [0.4, 0.5) is 18.9 Å². The van der Waals surface area contributed by atoms with E-state index in [1.165, 1.54) is 7.11 Å². The zero-order valence-electron chi connectivity index (χ0n) is 19.5. The minimum atomic E-state index is -4.64. The van der Waals surface area contributed by atoms with Crippen molar-refractivity contribution in [2.75, 3.05) is 25.6 Å². The van der Waals surface area contributed by atoms with E-state index in [2.05, 4.69) is 10.4 Å². The van der Waals surface area contributed by atoms with Crippen LogP contribution in [0.25, 0.3) is 5.69 Å². The van der Waals surface area contributed by atoms with Gasteiger partial charge in [0.2, 0.25) is 5.69 Å². The first-order valence-corrected chi connectivity index (χ1v) is 10.6. The maximum atomic E-state index is 13.0. The number of esters is 1. The molecular weight excluding hydrogens is 483 g/mol. The van der Waals surface area contributed by atoms with Crippen molar-refractivity contribution in [3.63, 3.8) is 0 Å². The van der Waals surface area contributed by atoms with Gasteiger partial charge in [0.25, 0.3) is 11.5 Å². The van der Waals surface area contributed by atoms with Crippen LogP contribution in [0.5, 0.6) is 11.5 Å². The molecule has 0 spiro atoms. The number of benzene rings is 2. The molecule has 1 N–H and O–H groups in total. The topological polar surface area (TPSA) is 109 Å². The van der Waals surface area contributed by atoms with E-state index >= 15 is 0 Å². The van der Waals surface area contributed by atoms with E-state index in [-0.39, 0.29) is 29.5 Å². The van der Waals surface area contributed by atoms with Crippen LogP contribution in [0.2, 0.25) is 0 Å². The van der Waals surface area contributed by atoms with Gasteiger partial charge in [-0.05, 0) is 44.2 Å². The number of carbonyl (C=O) groups is 2. The second kappa shape index (κ2) is 10.9. The molecule has 0 saturated heterocycles. The predicted molar refractivity (Wildman–Crippen MR) is 123 cm³/mol. The largest absolute Gasteiger partial charge is 0.495 e. The number of aryl methyl sites for hydroxylation is 1. The third kappa shape index (κ3) is 6.20. The molecule has 0 unspecified atom stereocenters. The number of carbonyl (C=O) groups excluding carboxylic acids is 2. The van der Waals surface area contributed by atoms with Gasteiger partial charge in [0.15, 0.2) is 12.4 Å². The third-order valence-electron chi connectivity index (χ3n) is 4.80. The Morgan fingerprint density at radius 1 is 1.06 bits per heavy atom. The van der Waals surface area contributed by atoms with Crippen molar-refractivity contribution in [1.82, 2.24) is 9.78 Å². The van der Waals surface area contributed by atoms with Crippen LogP contribution in [-0.4, -0.2) is 42.0 Å². The molecule has 2 aromatic carbocycles. The Bertz CT molecular complexity index is 1320. The Hall–Kier alpha value is -4.35. The summed E-state index contributed by atoms with van der Waals surface area (Å²) in [4.78, 5) is 37.5. The van der Waals surface area contributed by atoms with Crippen molar-refractivity contribution < 1.29 is 37.0 Å². The molecule has 1 aromatic heterocycles. The Morgan fingerprint density at radius 2 is 1.75 bits per heavy atom. The molecule has 0 aliphatic rings. The number of nitrogens with one attached hydrogen (secondary N) is 1. The number of aromatic nitrogens is 2. The number of hydrogen-bond acceptors (Lipinski definition) is 7. The van der Waals surface area contributed by atoms with Crippen LogP contribution in [0.15, 0.2) is 53.3 Å². The van der Waals surface area contributed by atoms with Crippen LogP contribution in [0.3, 0.4) is 0 Å². The van der Waals surface area contributed by atoms with E-state index in [4.69, 9.17) is 14.2 Å². The minimum absolute atomic E-state index is 0.00840. The molecule has 36 heavy (non-hydrogen) atoms. The van der Waals surface area contributed by atoms with Gasteiger partial charge >= 0.3 is 12.1 Å². The number of amides is 1. The number of ether oxygens (including phenoxy) is 3. The maximum Gasteiger partial charge on any atom is 0.416 e.